The summed E-state index contributed by atoms with van der Waals surface area (Å²) < 4.78 is 29.9. The Kier molecular flexibility index (Phi) is 4.30. The number of rotatable bonds is 1. The van der Waals surface area contributed by atoms with Crippen LogP contribution < -0.4 is 29.7 Å². The first-order valence-corrected chi connectivity index (χ1v) is 4.88. The van der Waals surface area contributed by atoms with Gasteiger partial charge in [-0.2, -0.15) is 8.42 Å². The quantitative estimate of drug-likeness (QED) is 0.309. The second-order valence-corrected chi connectivity index (χ2v) is 4.01. The van der Waals surface area contributed by atoms with Crippen molar-refractivity contribution in [3.63, 3.8) is 0 Å². The van der Waals surface area contributed by atoms with Gasteiger partial charge in [0.25, 0.3) is 10.1 Å². The first kappa shape index (κ1) is 13.6. The van der Waals surface area contributed by atoms with E-state index in [-0.39, 0.29) is 24.5 Å². The van der Waals surface area contributed by atoms with Crippen molar-refractivity contribution in [2.45, 2.75) is 4.90 Å². The van der Waals surface area contributed by atoms with Crippen LogP contribution in [-0.2, 0) is 10.1 Å². The number of anilines is 1. The molecule has 0 aliphatic carbocycles. The van der Waals surface area contributed by atoms with Gasteiger partial charge in [-0.1, -0.05) is 23.4 Å². The maximum absolute atomic E-state index is 11.0. The molecule has 0 spiro atoms. The van der Waals surface area contributed by atoms with Crippen molar-refractivity contribution in [2.24, 2.45) is 0 Å². The summed E-state index contributed by atoms with van der Waals surface area (Å²) in [6.45, 7) is 0. The third-order valence-electron chi connectivity index (χ3n) is 1.35. The van der Waals surface area contributed by atoms with Gasteiger partial charge in [-0.3, -0.25) is 4.55 Å². The van der Waals surface area contributed by atoms with Crippen LogP contribution in [0.15, 0.2) is 17.0 Å². The van der Waals surface area contributed by atoms with E-state index in [0.717, 1.165) is 6.07 Å². The molecule has 5 nitrogen and oxygen atoms in total. The van der Waals surface area contributed by atoms with E-state index in [9.17, 15) is 13.5 Å². The molecule has 1 aromatic carbocycles. The smallest absolute Gasteiger partial charge is 0.871 e. The molecule has 0 heterocycles. The Morgan fingerprint density at radius 1 is 1.43 bits per heavy atom. The largest absolute Gasteiger partial charge is 1.00 e. The molecule has 1 aromatic rings. The van der Waals surface area contributed by atoms with Crippen LogP contribution in [0, 0.1) is 0 Å². The Balaban J connectivity index is 0.00000169. The summed E-state index contributed by atoms with van der Waals surface area (Å²) in [5.74, 6) is -0.887. The zero-order valence-corrected chi connectivity index (χ0v) is 8.76. The molecule has 0 bridgehead atoms. The molecule has 0 saturated heterocycles. The minimum Gasteiger partial charge on any atom is -0.871 e. The van der Waals surface area contributed by atoms with Crippen LogP contribution in [0.5, 0.6) is 5.75 Å². The van der Waals surface area contributed by atoms with E-state index in [1.807, 2.05) is 0 Å². The maximum Gasteiger partial charge on any atom is 1.00 e. The molecule has 0 aliphatic rings. The predicted octanol–water partition coefficient (Wildman–Crippen LogP) is -2.75. The van der Waals surface area contributed by atoms with Crippen molar-refractivity contribution >= 4 is 27.4 Å². The minimum absolute atomic E-state index is 0. The number of nitrogen functional groups attached to an aromatic ring is 1. The van der Waals surface area contributed by atoms with Gasteiger partial charge in [0.15, 0.2) is 0 Å². The van der Waals surface area contributed by atoms with Gasteiger partial charge >= 0.3 is 18.9 Å². The van der Waals surface area contributed by atoms with E-state index in [1.54, 1.807) is 0 Å². The fourth-order valence-electron chi connectivity index (χ4n) is 0.794. The number of hydrogen-bond donors (Lipinski definition) is 2. The molecule has 0 saturated carbocycles. The molecule has 14 heavy (non-hydrogen) atoms. The van der Waals surface area contributed by atoms with Crippen molar-refractivity contribution in [1.29, 1.82) is 0 Å². The minimum atomic E-state index is -4.61. The molecule has 0 aliphatic heterocycles. The molecule has 0 atom stereocenters. The van der Waals surface area contributed by atoms with Crippen LogP contribution in [0.1, 0.15) is 0 Å². The third-order valence-corrected chi connectivity index (χ3v) is 2.79. The molecule has 0 fully saturated rings. The van der Waals surface area contributed by atoms with E-state index in [1.165, 1.54) is 6.07 Å². The molecule has 0 unspecified atom stereocenters. The molecule has 0 radical (unpaired) electrons. The van der Waals surface area contributed by atoms with E-state index in [4.69, 9.17) is 21.9 Å². The van der Waals surface area contributed by atoms with Gasteiger partial charge in [0.05, 0.1) is 10.7 Å². The fraction of sp³-hybridized carbons (Fsp3) is 0. The summed E-state index contributed by atoms with van der Waals surface area (Å²) in [5.41, 5.74) is 5.16. The van der Waals surface area contributed by atoms with Crippen molar-refractivity contribution in [1.82, 2.24) is 0 Å². The Morgan fingerprint density at radius 2 is 1.93 bits per heavy atom. The molecule has 0 amide bonds. The van der Waals surface area contributed by atoms with Crippen LogP contribution in [0.4, 0.5) is 5.69 Å². The van der Waals surface area contributed by atoms with E-state index < -0.39 is 25.8 Å². The molecular formula is C6H5ClLiNO4S. The average Bonchev–Trinajstić information content (AvgIpc) is 1.95. The van der Waals surface area contributed by atoms with Crippen molar-refractivity contribution < 1.29 is 36.9 Å². The number of benzene rings is 1. The standard InChI is InChI=1S/C6H6ClNO4S.Li/c7-5-3(8)1-2-4(9)6(5)13(10,11)12;/h1-2,9H,8H2,(H,10,11,12);/q;+1/p-1. The van der Waals surface area contributed by atoms with Gasteiger partial charge in [0.1, 0.15) is 4.90 Å². The van der Waals surface area contributed by atoms with Crippen molar-refractivity contribution in [3.05, 3.63) is 17.2 Å². The monoisotopic (exact) mass is 229 g/mol. The fourth-order valence-corrected chi connectivity index (χ4v) is 1.91. The van der Waals surface area contributed by atoms with Crippen molar-refractivity contribution in [3.8, 4) is 5.75 Å². The first-order chi connectivity index (χ1) is 5.84. The van der Waals surface area contributed by atoms with Gasteiger partial charge in [0, 0.05) is 0 Å². The molecule has 8 heteroatoms. The number of halogens is 1. The van der Waals surface area contributed by atoms with Crippen molar-refractivity contribution in [2.75, 3.05) is 5.73 Å². The average molecular weight is 230 g/mol. The molecule has 0 aromatic heterocycles. The topological polar surface area (TPSA) is 103 Å². The Morgan fingerprint density at radius 3 is 2.29 bits per heavy atom. The third kappa shape index (κ3) is 2.56. The second-order valence-electron chi connectivity index (χ2n) is 2.27. The summed E-state index contributed by atoms with van der Waals surface area (Å²) in [5, 5.41) is 10.5. The molecule has 1 rings (SSSR count). The van der Waals surface area contributed by atoms with E-state index in [0.29, 0.717) is 0 Å². The zero-order chi connectivity index (χ0) is 10.2. The Hall–Kier alpha value is -0.383. The molecule has 72 valence electrons. The van der Waals surface area contributed by atoms with E-state index in [2.05, 4.69) is 0 Å². The number of nitrogens with two attached hydrogens (primary N) is 1. The summed E-state index contributed by atoms with van der Waals surface area (Å²) in [6, 6.07) is 2.09. The molecule has 3 N–H and O–H groups in total. The molecular weight excluding hydrogens is 225 g/mol. The summed E-state index contributed by atoms with van der Waals surface area (Å²) >= 11 is 5.42. The summed E-state index contributed by atoms with van der Waals surface area (Å²) in [4.78, 5) is -0.880. The van der Waals surface area contributed by atoms with Crippen LogP contribution >= 0.6 is 11.6 Å². The van der Waals surface area contributed by atoms with Gasteiger partial charge in [0.2, 0.25) is 0 Å². The SMILES string of the molecule is Nc1ccc([O-])c(S(=O)(=O)O)c1Cl.[Li+]. The van der Waals surface area contributed by atoms with Gasteiger partial charge in [-0.05, 0) is 6.07 Å². The van der Waals surface area contributed by atoms with Gasteiger partial charge in [-0.15, -0.1) is 0 Å². The summed E-state index contributed by atoms with van der Waals surface area (Å²) in [7, 11) is -4.61. The Bertz CT molecular complexity index is 447. The van der Waals surface area contributed by atoms with Crippen LogP contribution in [0.25, 0.3) is 0 Å². The van der Waals surface area contributed by atoms with E-state index >= 15 is 0 Å². The first-order valence-electron chi connectivity index (χ1n) is 3.06. The maximum atomic E-state index is 11.0. The Labute approximate surface area is 97.8 Å². The van der Waals surface area contributed by atoms with Crippen LogP contribution in [-0.4, -0.2) is 13.0 Å². The second kappa shape index (κ2) is 4.42. The van der Waals surface area contributed by atoms with Crippen LogP contribution in [0.2, 0.25) is 5.02 Å². The summed E-state index contributed by atoms with van der Waals surface area (Å²) in [6.07, 6.45) is 0. The van der Waals surface area contributed by atoms with Gasteiger partial charge in [-0.25, -0.2) is 0 Å². The number of hydrogen-bond acceptors (Lipinski definition) is 4. The van der Waals surface area contributed by atoms with Gasteiger partial charge < -0.3 is 10.8 Å². The predicted molar refractivity (Wildman–Crippen MR) is 45.1 cm³/mol. The normalized spacial score (nSPS) is 10.7. The zero-order valence-electron chi connectivity index (χ0n) is 7.19. The van der Waals surface area contributed by atoms with Crippen LogP contribution in [0.3, 0.4) is 0 Å².